The predicted octanol–water partition coefficient (Wildman–Crippen LogP) is 4.37. The van der Waals surface area contributed by atoms with Crippen LogP contribution in [0, 0.1) is 0 Å². The molecule has 1 amide bonds. The standard InChI is InChI=1S/C20H20F3N3OS/c21-20(22,23)18-15-9-8-13-6-2-3-7-14(13)17(15)24-19(25-18)28-12-16(27)26-10-4-1-5-11-26/h2-3,6-7H,1,4-5,8-12H2. The maximum absolute atomic E-state index is 13.6. The van der Waals surface area contributed by atoms with Gasteiger partial charge in [-0.05, 0) is 37.7 Å². The van der Waals surface area contributed by atoms with Gasteiger partial charge >= 0.3 is 6.18 Å². The van der Waals surface area contributed by atoms with Crippen LogP contribution in [-0.2, 0) is 23.8 Å². The zero-order valence-corrected chi connectivity index (χ0v) is 16.1. The highest BCUT2D eigenvalue weighted by Crippen LogP contribution is 2.40. The molecule has 0 unspecified atom stereocenters. The first kappa shape index (κ1) is 19.2. The van der Waals surface area contributed by atoms with Gasteiger partial charge in [0.15, 0.2) is 10.9 Å². The number of alkyl halides is 3. The van der Waals surface area contributed by atoms with E-state index in [0.29, 0.717) is 25.2 Å². The van der Waals surface area contributed by atoms with Crippen molar-refractivity contribution in [1.29, 1.82) is 0 Å². The van der Waals surface area contributed by atoms with Gasteiger partial charge in [0, 0.05) is 24.2 Å². The molecule has 1 aliphatic carbocycles. The van der Waals surface area contributed by atoms with Gasteiger partial charge in [-0.1, -0.05) is 36.0 Å². The zero-order valence-electron chi connectivity index (χ0n) is 15.3. The number of aromatic nitrogens is 2. The molecule has 0 saturated carbocycles. The third kappa shape index (κ3) is 3.87. The van der Waals surface area contributed by atoms with Crippen molar-refractivity contribution >= 4 is 17.7 Å². The minimum Gasteiger partial charge on any atom is -0.342 e. The second-order valence-electron chi connectivity index (χ2n) is 7.07. The molecule has 28 heavy (non-hydrogen) atoms. The molecule has 1 aromatic heterocycles. The number of nitrogens with zero attached hydrogens (tertiary/aromatic N) is 3. The van der Waals surface area contributed by atoms with Crippen LogP contribution in [0.15, 0.2) is 29.4 Å². The summed E-state index contributed by atoms with van der Waals surface area (Å²) in [6, 6.07) is 7.40. The molecule has 1 aromatic carbocycles. The molecule has 4 nitrogen and oxygen atoms in total. The molecule has 2 aliphatic rings. The van der Waals surface area contributed by atoms with Crippen LogP contribution >= 0.6 is 11.8 Å². The molecule has 8 heteroatoms. The third-order valence-electron chi connectivity index (χ3n) is 5.21. The van der Waals surface area contributed by atoms with Gasteiger partial charge in [0.25, 0.3) is 0 Å². The van der Waals surface area contributed by atoms with E-state index in [0.717, 1.165) is 42.2 Å². The highest BCUT2D eigenvalue weighted by Gasteiger charge is 2.39. The van der Waals surface area contributed by atoms with Gasteiger partial charge in [0.1, 0.15) is 0 Å². The fourth-order valence-electron chi connectivity index (χ4n) is 3.81. The summed E-state index contributed by atoms with van der Waals surface area (Å²) in [4.78, 5) is 22.4. The highest BCUT2D eigenvalue weighted by molar-refractivity contribution is 7.99. The average Bonchev–Trinajstić information content (AvgIpc) is 2.71. The molecule has 0 radical (unpaired) electrons. The van der Waals surface area contributed by atoms with Gasteiger partial charge in [-0.2, -0.15) is 13.2 Å². The number of likely N-dealkylation sites (tertiary alicyclic amines) is 1. The van der Waals surface area contributed by atoms with E-state index in [1.807, 2.05) is 12.1 Å². The second kappa shape index (κ2) is 7.73. The Balaban J connectivity index is 1.64. The monoisotopic (exact) mass is 407 g/mol. The number of hydrogen-bond acceptors (Lipinski definition) is 4. The van der Waals surface area contributed by atoms with Crippen LogP contribution in [0.4, 0.5) is 13.2 Å². The van der Waals surface area contributed by atoms with Crippen molar-refractivity contribution < 1.29 is 18.0 Å². The Labute approximate surface area is 165 Å². The van der Waals surface area contributed by atoms with Gasteiger partial charge < -0.3 is 4.90 Å². The van der Waals surface area contributed by atoms with E-state index in [2.05, 4.69) is 9.97 Å². The van der Waals surface area contributed by atoms with Crippen LogP contribution in [0.25, 0.3) is 11.3 Å². The Morgan fingerprint density at radius 2 is 1.82 bits per heavy atom. The summed E-state index contributed by atoms with van der Waals surface area (Å²) in [5.74, 6) is -0.0162. The molecular weight excluding hydrogens is 387 g/mol. The van der Waals surface area contributed by atoms with Crippen molar-refractivity contribution in [3.8, 4) is 11.3 Å². The summed E-state index contributed by atoms with van der Waals surface area (Å²) in [5.41, 5.74) is 1.33. The van der Waals surface area contributed by atoms with Crippen LogP contribution in [-0.4, -0.2) is 39.6 Å². The zero-order chi connectivity index (χ0) is 19.7. The van der Waals surface area contributed by atoms with Crippen molar-refractivity contribution in [2.45, 2.75) is 43.4 Å². The Morgan fingerprint density at radius 1 is 1.07 bits per heavy atom. The summed E-state index contributed by atoms with van der Waals surface area (Å²) < 4.78 is 40.9. The number of amides is 1. The molecule has 1 saturated heterocycles. The molecule has 2 aromatic rings. The van der Waals surface area contributed by atoms with Gasteiger partial charge in [-0.15, -0.1) is 0 Å². The second-order valence-corrected chi connectivity index (χ2v) is 8.01. The van der Waals surface area contributed by atoms with Crippen molar-refractivity contribution in [2.24, 2.45) is 0 Å². The molecular formula is C20H20F3N3OS. The topological polar surface area (TPSA) is 46.1 Å². The highest BCUT2D eigenvalue weighted by atomic mass is 32.2. The summed E-state index contributed by atoms with van der Waals surface area (Å²) in [5, 5.41) is 0.00753. The molecule has 2 heterocycles. The molecule has 1 aliphatic heterocycles. The minimum atomic E-state index is -4.55. The van der Waals surface area contributed by atoms with E-state index < -0.39 is 11.9 Å². The Hall–Kier alpha value is -2.09. The number of fused-ring (bicyclic) bond motifs is 3. The van der Waals surface area contributed by atoms with Crippen molar-refractivity contribution in [3.63, 3.8) is 0 Å². The first-order valence-electron chi connectivity index (χ1n) is 9.40. The Kier molecular flexibility index (Phi) is 5.31. The average molecular weight is 407 g/mol. The van der Waals surface area contributed by atoms with Crippen molar-refractivity contribution in [2.75, 3.05) is 18.8 Å². The lowest BCUT2D eigenvalue weighted by molar-refractivity contribution is -0.142. The number of hydrogen-bond donors (Lipinski definition) is 0. The largest absolute Gasteiger partial charge is 0.433 e. The normalized spacial score (nSPS) is 16.5. The Morgan fingerprint density at radius 3 is 2.57 bits per heavy atom. The van der Waals surface area contributed by atoms with E-state index in [1.165, 1.54) is 0 Å². The fourth-order valence-corrected chi connectivity index (χ4v) is 4.56. The van der Waals surface area contributed by atoms with Crippen LogP contribution < -0.4 is 0 Å². The van der Waals surface area contributed by atoms with Crippen LogP contribution in [0.3, 0.4) is 0 Å². The van der Waals surface area contributed by atoms with E-state index in [-0.39, 0.29) is 28.8 Å². The van der Waals surface area contributed by atoms with Crippen LogP contribution in [0.5, 0.6) is 0 Å². The first-order valence-corrected chi connectivity index (χ1v) is 10.4. The number of benzene rings is 1. The maximum Gasteiger partial charge on any atom is 0.433 e. The molecule has 148 valence electrons. The van der Waals surface area contributed by atoms with E-state index in [9.17, 15) is 18.0 Å². The number of carbonyl (C=O) groups excluding carboxylic acids is 1. The number of thioether (sulfide) groups is 1. The summed E-state index contributed by atoms with van der Waals surface area (Å²) in [6.45, 7) is 1.43. The first-order chi connectivity index (χ1) is 13.4. The van der Waals surface area contributed by atoms with E-state index >= 15 is 0 Å². The van der Waals surface area contributed by atoms with Gasteiger partial charge in [0.05, 0.1) is 11.4 Å². The Bertz CT molecular complexity index is 895. The fraction of sp³-hybridized carbons (Fsp3) is 0.450. The number of aryl methyl sites for hydroxylation is 1. The molecule has 0 bridgehead atoms. The van der Waals surface area contributed by atoms with E-state index in [4.69, 9.17) is 0 Å². The smallest absolute Gasteiger partial charge is 0.342 e. The van der Waals surface area contributed by atoms with Crippen molar-refractivity contribution in [1.82, 2.24) is 14.9 Å². The van der Waals surface area contributed by atoms with Crippen LogP contribution in [0.2, 0.25) is 0 Å². The molecule has 1 fully saturated rings. The van der Waals surface area contributed by atoms with Crippen molar-refractivity contribution in [3.05, 3.63) is 41.1 Å². The molecule has 0 atom stereocenters. The predicted molar refractivity (Wildman–Crippen MR) is 101 cm³/mol. The quantitative estimate of drug-likeness (QED) is 0.560. The lowest BCUT2D eigenvalue weighted by atomic mass is 9.88. The summed E-state index contributed by atoms with van der Waals surface area (Å²) in [6.07, 6.45) is -0.694. The maximum atomic E-state index is 13.6. The number of piperidine rings is 1. The summed E-state index contributed by atoms with van der Waals surface area (Å²) >= 11 is 0.987. The lowest BCUT2D eigenvalue weighted by Gasteiger charge is -2.26. The molecule has 0 N–H and O–H groups in total. The number of halogens is 3. The van der Waals surface area contributed by atoms with Gasteiger partial charge in [-0.3, -0.25) is 4.79 Å². The lowest BCUT2D eigenvalue weighted by Crippen LogP contribution is -2.36. The van der Waals surface area contributed by atoms with E-state index in [1.54, 1.807) is 17.0 Å². The number of carbonyl (C=O) groups is 1. The SMILES string of the molecule is O=C(CSc1nc2c(c(C(F)(F)F)n1)CCc1ccccc1-2)N1CCCCC1. The molecule has 0 spiro atoms. The third-order valence-corrected chi connectivity index (χ3v) is 6.04. The number of rotatable bonds is 3. The summed E-state index contributed by atoms with van der Waals surface area (Å²) in [7, 11) is 0. The minimum absolute atomic E-state index is 0.00753. The van der Waals surface area contributed by atoms with Gasteiger partial charge in [0.2, 0.25) is 5.91 Å². The molecule has 4 rings (SSSR count). The van der Waals surface area contributed by atoms with Gasteiger partial charge in [-0.25, -0.2) is 9.97 Å². The van der Waals surface area contributed by atoms with Crippen LogP contribution in [0.1, 0.15) is 36.1 Å².